The second-order valence-electron chi connectivity index (χ2n) is 3.21. The third-order valence-corrected chi connectivity index (χ3v) is 1.83. The maximum atomic E-state index is 5.36. The van der Waals surface area contributed by atoms with E-state index in [-0.39, 0.29) is 0 Å². The molecule has 0 aliphatic heterocycles. The van der Waals surface area contributed by atoms with Crippen molar-refractivity contribution >= 4 is 0 Å². The van der Waals surface area contributed by atoms with Gasteiger partial charge in [-0.15, -0.1) is 6.58 Å². The van der Waals surface area contributed by atoms with Crippen molar-refractivity contribution < 1.29 is 4.74 Å². The van der Waals surface area contributed by atoms with Crippen LogP contribution < -0.4 is 5.32 Å². The van der Waals surface area contributed by atoms with E-state index >= 15 is 0 Å². The zero-order valence-corrected chi connectivity index (χ0v) is 8.47. The zero-order valence-electron chi connectivity index (χ0n) is 8.47. The van der Waals surface area contributed by atoms with Crippen LogP contribution in [0.5, 0.6) is 0 Å². The van der Waals surface area contributed by atoms with Gasteiger partial charge in [-0.1, -0.05) is 19.9 Å². The van der Waals surface area contributed by atoms with Gasteiger partial charge in [0, 0.05) is 19.2 Å². The molecule has 0 radical (unpaired) electrons. The van der Waals surface area contributed by atoms with Gasteiger partial charge in [-0.3, -0.25) is 0 Å². The first-order valence-corrected chi connectivity index (χ1v) is 4.64. The van der Waals surface area contributed by atoms with Crippen molar-refractivity contribution in [1.82, 2.24) is 5.32 Å². The van der Waals surface area contributed by atoms with E-state index in [2.05, 4.69) is 25.7 Å². The molecule has 0 aliphatic carbocycles. The molecule has 1 unspecified atom stereocenters. The molecule has 0 amide bonds. The number of hydrogen-bond acceptors (Lipinski definition) is 2. The van der Waals surface area contributed by atoms with Crippen LogP contribution in [0.3, 0.4) is 0 Å². The van der Waals surface area contributed by atoms with E-state index in [1.807, 2.05) is 13.0 Å². The van der Waals surface area contributed by atoms with Crippen molar-refractivity contribution in [3.8, 4) is 0 Å². The van der Waals surface area contributed by atoms with Crippen LogP contribution in [0.15, 0.2) is 12.7 Å². The molecule has 0 heterocycles. The summed E-state index contributed by atoms with van der Waals surface area (Å²) in [6.07, 6.45) is 1.88. The Balaban J connectivity index is 3.61. The van der Waals surface area contributed by atoms with Crippen LogP contribution in [0.25, 0.3) is 0 Å². The van der Waals surface area contributed by atoms with Crippen LogP contribution in [-0.4, -0.2) is 25.8 Å². The molecule has 0 fully saturated rings. The van der Waals surface area contributed by atoms with E-state index in [1.165, 1.54) is 0 Å². The summed E-state index contributed by atoms with van der Waals surface area (Å²) in [5, 5.41) is 3.36. The van der Waals surface area contributed by atoms with Gasteiger partial charge in [0.1, 0.15) is 0 Å². The molecular weight excluding hydrogens is 150 g/mol. The maximum Gasteiger partial charge on any atom is 0.0622 e. The lowest BCUT2D eigenvalue weighted by molar-refractivity contribution is 0.110. The van der Waals surface area contributed by atoms with E-state index < -0.39 is 0 Å². The summed E-state index contributed by atoms with van der Waals surface area (Å²) in [6.45, 7) is 12.5. The molecule has 12 heavy (non-hydrogen) atoms. The van der Waals surface area contributed by atoms with Crippen molar-refractivity contribution in [2.24, 2.45) is 5.92 Å². The van der Waals surface area contributed by atoms with Crippen LogP contribution in [0.2, 0.25) is 0 Å². The van der Waals surface area contributed by atoms with Crippen LogP contribution in [0.1, 0.15) is 20.8 Å². The molecule has 0 bridgehead atoms. The first-order valence-electron chi connectivity index (χ1n) is 4.64. The largest absolute Gasteiger partial charge is 0.380 e. The van der Waals surface area contributed by atoms with Crippen LogP contribution >= 0.6 is 0 Å². The summed E-state index contributed by atoms with van der Waals surface area (Å²) in [5.41, 5.74) is 0. The SMILES string of the molecule is C=CCNC(COCC)C(C)C. The Labute approximate surface area is 76.0 Å². The third kappa shape index (κ3) is 5.33. The van der Waals surface area contributed by atoms with Crippen molar-refractivity contribution in [1.29, 1.82) is 0 Å². The molecule has 2 nitrogen and oxygen atoms in total. The normalized spacial score (nSPS) is 13.3. The molecule has 0 aromatic carbocycles. The van der Waals surface area contributed by atoms with Crippen LogP contribution in [0, 0.1) is 5.92 Å². The minimum Gasteiger partial charge on any atom is -0.380 e. The number of nitrogens with one attached hydrogen (secondary N) is 1. The average molecular weight is 171 g/mol. The summed E-state index contributed by atoms with van der Waals surface area (Å²) >= 11 is 0. The fourth-order valence-corrected chi connectivity index (χ4v) is 0.967. The first kappa shape index (κ1) is 11.7. The predicted octanol–water partition coefficient (Wildman–Crippen LogP) is 1.82. The van der Waals surface area contributed by atoms with Crippen LogP contribution in [-0.2, 0) is 4.74 Å². The summed E-state index contributed by atoms with van der Waals surface area (Å²) in [6, 6.07) is 0.447. The molecule has 2 heteroatoms. The molecule has 0 aliphatic rings. The van der Waals surface area contributed by atoms with Gasteiger partial charge >= 0.3 is 0 Å². The summed E-state index contributed by atoms with van der Waals surface area (Å²) in [5.74, 6) is 0.608. The second kappa shape index (κ2) is 7.32. The van der Waals surface area contributed by atoms with Gasteiger partial charge in [0.25, 0.3) is 0 Å². The molecule has 1 N–H and O–H groups in total. The van der Waals surface area contributed by atoms with E-state index in [0.29, 0.717) is 12.0 Å². The predicted molar refractivity (Wildman–Crippen MR) is 53.3 cm³/mol. The van der Waals surface area contributed by atoms with Crippen molar-refractivity contribution in [3.05, 3.63) is 12.7 Å². The van der Waals surface area contributed by atoms with E-state index in [9.17, 15) is 0 Å². The highest BCUT2D eigenvalue weighted by molar-refractivity contribution is 4.76. The first-order chi connectivity index (χ1) is 5.72. The monoisotopic (exact) mass is 171 g/mol. The van der Waals surface area contributed by atoms with Gasteiger partial charge in [-0.25, -0.2) is 0 Å². The Morgan fingerprint density at radius 3 is 2.58 bits per heavy atom. The van der Waals surface area contributed by atoms with E-state index in [0.717, 1.165) is 19.8 Å². The fraction of sp³-hybridized carbons (Fsp3) is 0.800. The minimum atomic E-state index is 0.447. The maximum absolute atomic E-state index is 5.36. The third-order valence-electron chi connectivity index (χ3n) is 1.83. The molecule has 0 saturated carbocycles. The molecule has 0 spiro atoms. The second-order valence-corrected chi connectivity index (χ2v) is 3.21. The van der Waals surface area contributed by atoms with E-state index in [4.69, 9.17) is 4.74 Å². The summed E-state index contributed by atoms with van der Waals surface area (Å²) < 4.78 is 5.36. The van der Waals surface area contributed by atoms with Gasteiger partial charge in [-0.05, 0) is 12.8 Å². The molecule has 0 aromatic rings. The number of rotatable bonds is 7. The molecular formula is C10H21NO. The highest BCUT2D eigenvalue weighted by atomic mass is 16.5. The number of ether oxygens (including phenoxy) is 1. The van der Waals surface area contributed by atoms with Gasteiger partial charge in [-0.2, -0.15) is 0 Å². The quantitative estimate of drug-likeness (QED) is 0.590. The smallest absolute Gasteiger partial charge is 0.0622 e. The van der Waals surface area contributed by atoms with Gasteiger partial charge in [0.2, 0.25) is 0 Å². The Kier molecular flexibility index (Phi) is 7.11. The Hall–Kier alpha value is -0.340. The summed E-state index contributed by atoms with van der Waals surface area (Å²) in [7, 11) is 0. The molecule has 0 rings (SSSR count). The topological polar surface area (TPSA) is 21.3 Å². The van der Waals surface area contributed by atoms with E-state index in [1.54, 1.807) is 0 Å². The lowest BCUT2D eigenvalue weighted by Crippen LogP contribution is -2.38. The van der Waals surface area contributed by atoms with Gasteiger partial charge in [0.15, 0.2) is 0 Å². The highest BCUT2D eigenvalue weighted by Crippen LogP contribution is 2.01. The lowest BCUT2D eigenvalue weighted by Gasteiger charge is -2.21. The lowest BCUT2D eigenvalue weighted by atomic mass is 10.1. The van der Waals surface area contributed by atoms with Gasteiger partial charge in [0.05, 0.1) is 6.61 Å². The standard InChI is InChI=1S/C10H21NO/c1-5-7-11-10(9(3)4)8-12-6-2/h5,9-11H,1,6-8H2,2-4H3. The Morgan fingerprint density at radius 1 is 1.50 bits per heavy atom. The van der Waals surface area contributed by atoms with Crippen molar-refractivity contribution in [2.75, 3.05) is 19.8 Å². The molecule has 0 saturated heterocycles. The van der Waals surface area contributed by atoms with Crippen molar-refractivity contribution in [2.45, 2.75) is 26.8 Å². The fourth-order valence-electron chi connectivity index (χ4n) is 0.967. The van der Waals surface area contributed by atoms with Crippen LogP contribution in [0.4, 0.5) is 0 Å². The van der Waals surface area contributed by atoms with Gasteiger partial charge < -0.3 is 10.1 Å². The summed E-state index contributed by atoms with van der Waals surface area (Å²) in [4.78, 5) is 0. The molecule has 72 valence electrons. The number of hydrogen-bond donors (Lipinski definition) is 1. The highest BCUT2D eigenvalue weighted by Gasteiger charge is 2.10. The Bertz CT molecular complexity index is 112. The minimum absolute atomic E-state index is 0.447. The molecule has 1 atom stereocenters. The zero-order chi connectivity index (χ0) is 9.40. The Morgan fingerprint density at radius 2 is 2.17 bits per heavy atom. The van der Waals surface area contributed by atoms with Crippen molar-refractivity contribution in [3.63, 3.8) is 0 Å². The molecule has 0 aromatic heterocycles. The average Bonchev–Trinajstić information content (AvgIpc) is 2.04.